The Hall–Kier alpha value is -1.83. The molecule has 0 bridgehead atoms. The number of fused-ring (bicyclic) bond motifs is 1. The third kappa shape index (κ3) is 1.67. The molecule has 82 valence electrons. The predicted octanol–water partition coefficient (Wildman–Crippen LogP) is 2.76. The Morgan fingerprint density at radius 2 is 1.94 bits per heavy atom. The number of carbonyl (C=O) groups excluding carboxylic acids is 1. The second-order valence-corrected chi connectivity index (χ2v) is 3.75. The monoisotopic (exact) mass is 213 g/mol. The summed E-state index contributed by atoms with van der Waals surface area (Å²) in [4.78, 5) is 11.9. The van der Waals surface area contributed by atoms with Crippen LogP contribution in [0.5, 0.6) is 0 Å². The van der Waals surface area contributed by atoms with Crippen molar-refractivity contribution in [3.63, 3.8) is 0 Å². The van der Waals surface area contributed by atoms with Crippen molar-refractivity contribution in [3.05, 3.63) is 47.5 Å². The van der Waals surface area contributed by atoms with E-state index in [0.29, 0.717) is 0 Å². The highest BCUT2D eigenvalue weighted by Gasteiger charge is 2.12. The fourth-order valence-corrected chi connectivity index (χ4v) is 2.00. The van der Waals surface area contributed by atoms with Crippen molar-refractivity contribution in [3.8, 4) is 0 Å². The SMILES string of the molecule is CCc1ccc2ccccc2c1C(=O)NC. The van der Waals surface area contributed by atoms with Crippen LogP contribution in [0.15, 0.2) is 36.4 Å². The van der Waals surface area contributed by atoms with Crippen molar-refractivity contribution in [2.24, 2.45) is 0 Å². The summed E-state index contributed by atoms with van der Waals surface area (Å²) in [6.07, 6.45) is 0.869. The first-order valence-corrected chi connectivity index (χ1v) is 5.50. The van der Waals surface area contributed by atoms with Crippen molar-refractivity contribution < 1.29 is 4.79 Å². The van der Waals surface area contributed by atoms with Gasteiger partial charge in [-0.2, -0.15) is 0 Å². The molecule has 0 atom stereocenters. The smallest absolute Gasteiger partial charge is 0.251 e. The average molecular weight is 213 g/mol. The number of hydrogen-bond acceptors (Lipinski definition) is 1. The lowest BCUT2D eigenvalue weighted by atomic mass is 9.97. The van der Waals surface area contributed by atoms with Crippen LogP contribution in [0.3, 0.4) is 0 Å². The molecule has 1 amide bonds. The number of amides is 1. The van der Waals surface area contributed by atoms with Gasteiger partial charge in [-0.15, -0.1) is 0 Å². The van der Waals surface area contributed by atoms with Gasteiger partial charge in [-0.05, 0) is 22.8 Å². The van der Waals surface area contributed by atoms with E-state index in [0.717, 1.165) is 28.3 Å². The third-order valence-electron chi connectivity index (χ3n) is 2.85. The van der Waals surface area contributed by atoms with E-state index in [2.05, 4.69) is 18.3 Å². The molecule has 0 aliphatic heterocycles. The molecule has 0 fully saturated rings. The molecule has 0 unspecified atom stereocenters. The summed E-state index contributed by atoms with van der Waals surface area (Å²) in [7, 11) is 1.67. The minimum Gasteiger partial charge on any atom is -0.355 e. The van der Waals surface area contributed by atoms with E-state index in [1.807, 2.05) is 30.3 Å². The third-order valence-corrected chi connectivity index (χ3v) is 2.85. The van der Waals surface area contributed by atoms with Crippen molar-refractivity contribution in [1.82, 2.24) is 5.32 Å². The lowest BCUT2D eigenvalue weighted by molar-refractivity contribution is 0.0964. The van der Waals surface area contributed by atoms with Gasteiger partial charge in [-0.3, -0.25) is 4.79 Å². The number of hydrogen-bond donors (Lipinski definition) is 1. The Balaban J connectivity index is 2.78. The molecule has 2 heteroatoms. The van der Waals surface area contributed by atoms with Crippen LogP contribution in [0.2, 0.25) is 0 Å². The number of aryl methyl sites for hydroxylation is 1. The zero-order valence-corrected chi connectivity index (χ0v) is 9.58. The summed E-state index contributed by atoms with van der Waals surface area (Å²) in [5.41, 5.74) is 1.90. The molecule has 0 saturated carbocycles. The molecule has 2 aromatic carbocycles. The van der Waals surface area contributed by atoms with E-state index in [1.54, 1.807) is 7.05 Å². The number of benzene rings is 2. The van der Waals surface area contributed by atoms with Gasteiger partial charge in [0.05, 0.1) is 5.56 Å². The van der Waals surface area contributed by atoms with Crippen LogP contribution >= 0.6 is 0 Å². The molecule has 0 heterocycles. The van der Waals surface area contributed by atoms with Crippen molar-refractivity contribution in [1.29, 1.82) is 0 Å². The van der Waals surface area contributed by atoms with Gasteiger partial charge in [0, 0.05) is 7.05 Å². The maximum atomic E-state index is 11.9. The number of rotatable bonds is 2. The van der Waals surface area contributed by atoms with E-state index in [9.17, 15) is 4.79 Å². The molecule has 0 spiro atoms. The average Bonchev–Trinajstić information content (AvgIpc) is 2.36. The van der Waals surface area contributed by atoms with Crippen LogP contribution in [-0.4, -0.2) is 13.0 Å². The maximum Gasteiger partial charge on any atom is 0.251 e. The van der Waals surface area contributed by atoms with E-state index in [1.165, 1.54) is 0 Å². The Morgan fingerprint density at radius 3 is 2.62 bits per heavy atom. The minimum atomic E-state index is -0.00588. The van der Waals surface area contributed by atoms with Crippen LogP contribution in [0.25, 0.3) is 10.8 Å². The normalized spacial score (nSPS) is 10.4. The molecule has 0 saturated heterocycles. The first-order valence-electron chi connectivity index (χ1n) is 5.50. The second kappa shape index (κ2) is 4.35. The lowest BCUT2D eigenvalue weighted by Crippen LogP contribution is -2.19. The Kier molecular flexibility index (Phi) is 2.91. The molecule has 0 radical (unpaired) electrons. The fraction of sp³-hybridized carbons (Fsp3) is 0.214. The Bertz CT molecular complexity index is 531. The van der Waals surface area contributed by atoms with Crippen LogP contribution in [0.4, 0.5) is 0 Å². The van der Waals surface area contributed by atoms with Crippen LogP contribution in [-0.2, 0) is 6.42 Å². The molecule has 2 rings (SSSR count). The van der Waals surface area contributed by atoms with Gasteiger partial charge in [0.2, 0.25) is 0 Å². The molecule has 0 aliphatic carbocycles. The largest absolute Gasteiger partial charge is 0.355 e. The maximum absolute atomic E-state index is 11.9. The number of carbonyl (C=O) groups is 1. The summed E-state index contributed by atoms with van der Waals surface area (Å²) < 4.78 is 0. The Morgan fingerprint density at radius 1 is 1.19 bits per heavy atom. The summed E-state index contributed by atoms with van der Waals surface area (Å²) in [6, 6.07) is 12.1. The Labute approximate surface area is 95.3 Å². The van der Waals surface area contributed by atoms with Gasteiger partial charge in [-0.25, -0.2) is 0 Å². The van der Waals surface area contributed by atoms with Crippen molar-refractivity contribution >= 4 is 16.7 Å². The van der Waals surface area contributed by atoms with Gasteiger partial charge in [-0.1, -0.05) is 43.3 Å². The molecule has 2 aromatic rings. The summed E-state index contributed by atoms with van der Waals surface area (Å²) in [6.45, 7) is 2.07. The molecule has 2 nitrogen and oxygen atoms in total. The molecular weight excluding hydrogens is 198 g/mol. The van der Waals surface area contributed by atoms with Crippen molar-refractivity contribution in [2.45, 2.75) is 13.3 Å². The summed E-state index contributed by atoms with van der Waals surface area (Å²) in [5.74, 6) is -0.00588. The van der Waals surface area contributed by atoms with Gasteiger partial charge in [0.1, 0.15) is 0 Å². The van der Waals surface area contributed by atoms with E-state index in [-0.39, 0.29) is 5.91 Å². The molecular formula is C14H15NO. The van der Waals surface area contributed by atoms with Crippen LogP contribution < -0.4 is 5.32 Å². The molecule has 0 aromatic heterocycles. The van der Waals surface area contributed by atoms with E-state index >= 15 is 0 Å². The van der Waals surface area contributed by atoms with Gasteiger partial charge < -0.3 is 5.32 Å². The quantitative estimate of drug-likeness (QED) is 0.816. The second-order valence-electron chi connectivity index (χ2n) is 3.75. The highest BCUT2D eigenvalue weighted by Crippen LogP contribution is 2.22. The van der Waals surface area contributed by atoms with Crippen molar-refractivity contribution in [2.75, 3.05) is 7.05 Å². The zero-order valence-electron chi connectivity index (χ0n) is 9.58. The first kappa shape index (κ1) is 10.7. The molecule has 1 N–H and O–H groups in total. The highest BCUT2D eigenvalue weighted by molar-refractivity contribution is 6.08. The fourth-order valence-electron chi connectivity index (χ4n) is 2.00. The van der Waals surface area contributed by atoms with Crippen LogP contribution in [0.1, 0.15) is 22.8 Å². The topological polar surface area (TPSA) is 29.1 Å². The van der Waals surface area contributed by atoms with Crippen LogP contribution in [0, 0.1) is 0 Å². The molecule has 0 aliphatic rings. The number of nitrogens with one attached hydrogen (secondary N) is 1. The van der Waals surface area contributed by atoms with Gasteiger partial charge in [0.15, 0.2) is 0 Å². The first-order chi connectivity index (χ1) is 7.77. The highest BCUT2D eigenvalue weighted by atomic mass is 16.1. The van der Waals surface area contributed by atoms with E-state index < -0.39 is 0 Å². The molecule has 16 heavy (non-hydrogen) atoms. The van der Waals surface area contributed by atoms with Gasteiger partial charge >= 0.3 is 0 Å². The summed E-state index contributed by atoms with van der Waals surface area (Å²) >= 11 is 0. The predicted molar refractivity (Wildman–Crippen MR) is 66.7 cm³/mol. The van der Waals surface area contributed by atoms with Gasteiger partial charge in [0.25, 0.3) is 5.91 Å². The summed E-state index contributed by atoms with van der Waals surface area (Å²) in [5, 5.41) is 4.85. The zero-order chi connectivity index (χ0) is 11.5. The standard InChI is InChI=1S/C14H15NO/c1-3-10-8-9-11-6-4-5-7-12(11)13(10)14(16)15-2/h4-9H,3H2,1-2H3,(H,15,16). The lowest BCUT2D eigenvalue weighted by Gasteiger charge is -2.10. The van der Waals surface area contributed by atoms with E-state index in [4.69, 9.17) is 0 Å². The minimum absolute atomic E-state index is 0.00588.